The Bertz CT molecular complexity index is 331. The van der Waals surface area contributed by atoms with Crippen LogP contribution in [0.15, 0.2) is 16.3 Å². The van der Waals surface area contributed by atoms with Gasteiger partial charge in [-0.2, -0.15) is 0 Å². The summed E-state index contributed by atoms with van der Waals surface area (Å²) in [5.74, 6) is 0.0395. The number of carbonyl (C=O) groups is 1. The molecule has 0 saturated carbocycles. The fourth-order valence-electron chi connectivity index (χ4n) is 1.27. The summed E-state index contributed by atoms with van der Waals surface area (Å²) < 4.78 is 0. The lowest BCUT2D eigenvalue weighted by atomic mass is 10.4. The number of thioether (sulfide) groups is 1. The second-order valence-corrected chi connectivity index (χ2v) is 5.09. The molecule has 0 aliphatic rings. The second kappa shape index (κ2) is 9.76. The smallest absolute Gasteiger partial charge is 0.262 e. The van der Waals surface area contributed by atoms with E-state index in [1.165, 1.54) is 11.3 Å². The zero-order chi connectivity index (χ0) is 11.8. The number of nitrogens with one attached hydrogen (secondary N) is 2. The van der Waals surface area contributed by atoms with Crippen LogP contribution in [0.2, 0.25) is 0 Å². The average Bonchev–Trinajstić information content (AvgIpc) is 2.76. The largest absolute Gasteiger partial charge is 0.350 e. The van der Waals surface area contributed by atoms with Crippen LogP contribution < -0.4 is 10.6 Å². The molecular weight excluding hydrogens is 276 g/mol. The minimum absolute atomic E-state index is 0. The molecule has 2 N–H and O–H groups in total. The third-order valence-corrected chi connectivity index (χ3v) is 3.89. The molecule has 0 fully saturated rings. The minimum atomic E-state index is 0. The van der Waals surface area contributed by atoms with Gasteiger partial charge in [0, 0.05) is 18.0 Å². The maximum atomic E-state index is 11.8. The SMILES string of the molecule is CCCNCCNC(=O)c1sccc1SC.Cl. The highest BCUT2D eigenvalue weighted by Crippen LogP contribution is 2.25. The van der Waals surface area contributed by atoms with Crippen molar-refractivity contribution in [3.8, 4) is 0 Å². The first-order valence-corrected chi connectivity index (χ1v) is 7.50. The lowest BCUT2D eigenvalue weighted by molar-refractivity contribution is 0.0955. The molecule has 0 saturated heterocycles. The monoisotopic (exact) mass is 294 g/mol. The van der Waals surface area contributed by atoms with Gasteiger partial charge in [0.25, 0.3) is 5.91 Å². The van der Waals surface area contributed by atoms with Crippen LogP contribution in [-0.2, 0) is 0 Å². The van der Waals surface area contributed by atoms with E-state index in [9.17, 15) is 4.79 Å². The van der Waals surface area contributed by atoms with E-state index >= 15 is 0 Å². The quantitative estimate of drug-likeness (QED) is 0.600. The molecule has 98 valence electrons. The molecule has 0 unspecified atom stereocenters. The maximum absolute atomic E-state index is 11.8. The van der Waals surface area contributed by atoms with Gasteiger partial charge in [0.15, 0.2) is 0 Å². The van der Waals surface area contributed by atoms with Crippen LogP contribution in [-0.4, -0.2) is 31.8 Å². The summed E-state index contributed by atoms with van der Waals surface area (Å²) >= 11 is 3.11. The Labute approximate surface area is 117 Å². The Morgan fingerprint density at radius 3 is 2.82 bits per heavy atom. The summed E-state index contributed by atoms with van der Waals surface area (Å²) in [7, 11) is 0. The molecule has 0 radical (unpaired) electrons. The van der Waals surface area contributed by atoms with Crippen molar-refractivity contribution in [2.75, 3.05) is 25.9 Å². The van der Waals surface area contributed by atoms with E-state index in [-0.39, 0.29) is 18.3 Å². The number of thiophene rings is 1. The van der Waals surface area contributed by atoms with Gasteiger partial charge < -0.3 is 10.6 Å². The number of rotatable bonds is 7. The summed E-state index contributed by atoms with van der Waals surface area (Å²) in [6.45, 7) is 4.65. The van der Waals surface area contributed by atoms with Crippen LogP contribution in [0.3, 0.4) is 0 Å². The van der Waals surface area contributed by atoms with Gasteiger partial charge in [0.2, 0.25) is 0 Å². The van der Waals surface area contributed by atoms with Crippen molar-refractivity contribution in [1.29, 1.82) is 0 Å². The highest BCUT2D eigenvalue weighted by Gasteiger charge is 2.11. The van der Waals surface area contributed by atoms with Crippen LogP contribution in [0.25, 0.3) is 0 Å². The zero-order valence-electron chi connectivity index (χ0n) is 10.1. The van der Waals surface area contributed by atoms with Crippen molar-refractivity contribution in [2.45, 2.75) is 18.2 Å². The predicted molar refractivity (Wildman–Crippen MR) is 78.8 cm³/mol. The van der Waals surface area contributed by atoms with Gasteiger partial charge in [-0.3, -0.25) is 4.79 Å². The highest BCUT2D eigenvalue weighted by molar-refractivity contribution is 7.98. The average molecular weight is 295 g/mol. The third-order valence-electron chi connectivity index (χ3n) is 2.07. The van der Waals surface area contributed by atoms with Crippen molar-refractivity contribution in [3.63, 3.8) is 0 Å². The molecule has 0 atom stereocenters. The van der Waals surface area contributed by atoms with Gasteiger partial charge in [-0.1, -0.05) is 6.92 Å². The summed E-state index contributed by atoms with van der Waals surface area (Å²) in [4.78, 5) is 13.7. The molecule has 1 aromatic rings. The molecule has 0 aliphatic carbocycles. The van der Waals surface area contributed by atoms with Crippen LogP contribution in [0.4, 0.5) is 0 Å². The first-order chi connectivity index (χ1) is 7.79. The number of hydrogen-bond acceptors (Lipinski definition) is 4. The van der Waals surface area contributed by atoms with Crippen molar-refractivity contribution < 1.29 is 4.79 Å². The topological polar surface area (TPSA) is 41.1 Å². The second-order valence-electron chi connectivity index (χ2n) is 3.32. The molecule has 1 aromatic heterocycles. The number of amides is 1. The fourth-order valence-corrected chi connectivity index (χ4v) is 2.94. The molecule has 6 heteroatoms. The predicted octanol–water partition coefficient (Wildman–Crippen LogP) is 2.62. The van der Waals surface area contributed by atoms with Crippen LogP contribution in [0, 0.1) is 0 Å². The Morgan fingerprint density at radius 1 is 1.41 bits per heavy atom. The van der Waals surface area contributed by atoms with Gasteiger partial charge in [0.05, 0.1) is 0 Å². The molecule has 1 amide bonds. The van der Waals surface area contributed by atoms with E-state index < -0.39 is 0 Å². The lowest BCUT2D eigenvalue weighted by Gasteiger charge is -2.05. The first-order valence-electron chi connectivity index (χ1n) is 5.40. The molecule has 0 bridgehead atoms. The number of hydrogen-bond donors (Lipinski definition) is 2. The Hall–Kier alpha value is -0.230. The first kappa shape index (κ1) is 16.8. The molecule has 0 aromatic carbocycles. The zero-order valence-corrected chi connectivity index (χ0v) is 12.6. The third kappa shape index (κ3) is 5.77. The summed E-state index contributed by atoms with van der Waals surface area (Å²) in [5.41, 5.74) is 0. The van der Waals surface area contributed by atoms with Crippen LogP contribution in [0.5, 0.6) is 0 Å². The molecule has 1 heterocycles. The van der Waals surface area contributed by atoms with Gasteiger partial charge >= 0.3 is 0 Å². The van der Waals surface area contributed by atoms with E-state index in [0.717, 1.165) is 29.3 Å². The van der Waals surface area contributed by atoms with Gasteiger partial charge in [-0.15, -0.1) is 35.5 Å². The number of halogens is 1. The van der Waals surface area contributed by atoms with Gasteiger partial charge in [-0.05, 0) is 30.7 Å². The molecule has 3 nitrogen and oxygen atoms in total. The summed E-state index contributed by atoms with van der Waals surface area (Å²) in [5, 5.41) is 8.12. The summed E-state index contributed by atoms with van der Waals surface area (Å²) in [6, 6.07) is 1.99. The van der Waals surface area contributed by atoms with Crippen molar-refractivity contribution >= 4 is 41.4 Å². The van der Waals surface area contributed by atoms with Crippen LogP contribution in [0.1, 0.15) is 23.0 Å². The normalized spacial score (nSPS) is 9.76. The summed E-state index contributed by atoms with van der Waals surface area (Å²) in [6.07, 6.45) is 3.11. The van der Waals surface area contributed by atoms with Crippen LogP contribution >= 0.6 is 35.5 Å². The molecule has 1 rings (SSSR count). The van der Waals surface area contributed by atoms with E-state index in [2.05, 4.69) is 17.6 Å². The molecule has 0 aliphatic heterocycles. The highest BCUT2D eigenvalue weighted by atomic mass is 35.5. The lowest BCUT2D eigenvalue weighted by Crippen LogP contribution is -2.31. The van der Waals surface area contributed by atoms with E-state index in [1.54, 1.807) is 11.8 Å². The maximum Gasteiger partial charge on any atom is 0.262 e. The Balaban J connectivity index is 0.00000256. The van der Waals surface area contributed by atoms with Crippen molar-refractivity contribution in [2.24, 2.45) is 0 Å². The minimum Gasteiger partial charge on any atom is -0.350 e. The Morgan fingerprint density at radius 2 is 2.18 bits per heavy atom. The van der Waals surface area contributed by atoms with Gasteiger partial charge in [-0.25, -0.2) is 0 Å². The Kier molecular flexibility index (Phi) is 9.63. The van der Waals surface area contributed by atoms with E-state index in [0.29, 0.717) is 6.54 Å². The molecule has 0 spiro atoms. The van der Waals surface area contributed by atoms with Gasteiger partial charge in [0.1, 0.15) is 4.88 Å². The molecular formula is C11H19ClN2OS2. The van der Waals surface area contributed by atoms with Crippen molar-refractivity contribution in [3.05, 3.63) is 16.3 Å². The van der Waals surface area contributed by atoms with E-state index in [4.69, 9.17) is 0 Å². The van der Waals surface area contributed by atoms with Crippen molar-refractivity contribution in [1.82, 2.24) is 10.6 Å². The molecule has 17 heavy (non-hydrogen) atoms. The fraction of sp³-hybridized carbons (Fsp3) is 0.545. The number of carbonyl (C=O) groups excluding carboxylic acids is 1. The standard InChI is InChI=1S/C11H18N2OS2.ClH/c1-3-5-12-6-7-13-11(14)10-9(15-2)4-8-16-10;/h4,8,12H,3,5-7H2,1-2H3,(H,13,14);1H. The van der Waals surface area contributed by atoms with E-state index in [1.807, 2.05) is 17.7 Å².